The third-order valence-electron chi connectivity index (χ3n) is 4.11. The first kappa shape index (κ1) is 19.7. The first-order chi connectivity index (χ1) is 13.5. The van der Waals surface area contributed by atoms with Crippen molar-refractivity contribution in [3.05, 3.63) is 78.6 Å². The van der Waals surface area contributed by atoms with E-state index in [1.165, 1.54) is 4.31 Å². The summed E-state index contributed by atoms with van der Waals surface area (Å²) in [5.74, 6) is 1.21. The maximum Gasteiger partial charge on any atom is 0.264 e. The third-order valence-corrected chi connectivity index (χ3v) is 5.90. The lowest BCUT2D eigenvalue weighted by Gasteiger charge is -2.25. The summed E-state index contributed by atoms with van der Waals surface area (Å²) < 4.78 is 38.9. The molecular weight excluding hydrogens is 376 g/mol. The minimum absolute atomic E-state index is 0.149. The van der Waals surface area contributed by atoms with Crippen molar-refractivity contribution in [3.63, 3.8) is 0 Å². The van der Waals surface area contributed by atoms with E-state index in [9.17, 15) is 8.42 Å². The highest BCUT2D eigenvalue weighted by Crippen LogP contribution is 2.29. The fraction of sp³-hybridized carbons (Fsp3) is 0.190. The smallest absolute Gasteiger partial charge is 0.264 e. The van der Waals surface area contributed by atoms with Gasteiger partial charge in [-0.05, 0) is 55.0 Å². The van der Waals surface area contributed by atoms with Gasteiger partial charge in [-0.2, -0.15) is 0 Å². The van der Waals surface area contributed by atoms with Crippen LogP contribution in [0.15, 0.2) is 78.0 Å². The van der Waals surface area contributed by atoms with Crippen molar-refractivity contribution < 1.29 is 17.9 Å². The summed E-state index contributed by atoms with van der Waals surface area (Å²) >= 11 is 0. The predicted molar refractivity (Wildman–Crippen MR) is 108 cm³/mol. The van der Waals surface area contributed by atoms with Gasteiger partial charge in [-0.1, -0.05) is 12.1 Å². The van der Waals surface area contributed by atoms with Crippen LogP contribution in [0.5, 0.6) is 11.5 Å². The Morgan fingerprint density at radius 2 is 1.79 bits per heavy atom. The highest BCUT2D eigenvalue weighted by Gasteiger charge is 2.25. The van der Waals surface area contributed by atoms with E-state index in [1.54, 1.807) is 74.1 Å². The Labute approximate surface area is 165 Å². The first-order valence-electron chi connectivity index (χ1n) is 8.83. The summed E-state index contributed by atoms with van der Waals surface area (Å²) in [6.45, 7) is 2.54. The maximum absolute atomic E-state index is 13.4. The minimum Gasteiger partial charge on any atom is -0.497 e. The largest absolute Gasteiger partial charge is 0.497 e. The number of aromatic nitrogens is 1. The molecule has 0 bridgehead atoms. The molecule has 146 valence electrons. The highest BCUT2D eigenvalue weighted by molar-refractivity contribution is 7.92. The van der Waals surface area contributed by atoms with Gasteiger partial charge in [0, 0.05) is 18.5 Å². The van der Waals surface area contributed by atoms with Gasteiger partial charge in [-0.25, -0.2) is 8.42 Å². The Bertz CT molecular complexity index is 1010. The molecule has 0 unspecified atom stereocenters. The Morgan fingerprint density at radius 1 is 1.00 bits per heavy atom. The zero-order chi connectivity index (χ0) is 20.0. The number of benzene rings is 2. The number of sulfonamides is 1. The molecule has 2 aromatic carbocycles. The van der Waals surface area contributed by atoms with Crippen molar-refractivity contribution in [2.24, 2.45) is 0 Å². The summed E-state index contributed by atoms with van der Waals surface area (Å²) in [6, 6.07) is 17.0. The monoisotopic (exact) mass is 398 g/mol. The van der Waals surface area contributed by atoms with Crippen LogP contribution in [0.1, 0.15) is 12.5 Å². The normalized spacial score (nSPS) is 11.1. The molecule has 28 heavy (non-hydrogen) atoms. The zero-order valence-corrected chi connectivity index (χ0v) is 16.6. The average Bonchev–Trinajstić information content (AvgIpc) is 2.73. The van der Waals surface area contributed by atoms with Gasteiger partial charge in [0.2, 0.25) is 0 Å². The second-order valence-corrected chi connectivity index (χ2v) is 7.84. The summed E-state index contributed by atoms with van der Waals surface area (Å²) in [5.41, 5.74) is 1.29. The topological polar surface area (TPSA) is 68.7 Å². The van der Waals surface area contributed by atoms with Gasteiger partial charge in [0.15, 0.2) is 0 Å². The standard InChI is InChI=1S/C21H22N2O4S/c1-3-27-19-9-11-21(12-10-19)28(24,25)23(16-17-6-5-13-22-15-17)18-7-4-8-20(14-18)26-2/h4-15H,3,16H2,1-2H3. The molecule has 1 aromatic heterocycles. The van der Waals surface area contributed by atoms with Crippen molar-refractivity contribution in [3.8, 4) is 11.5 Å². The van der Waals surface area contributed by atoms with E-state index in [2.05, 4.69) is 4.98 Å². The molecule has 0 N–H and O–H groups in total. The molecule has 0 aliphatic rings. The molecule has 0 saturated carbocycles. The van der Waals surface area contributed by atoms with Crippen LogP contribution in [0, 0.1) is 0 Å². The Balaban J connectivity index is 2.03. The molecular formula is C21H22N2O4S. The van der Waals surface area contributed by atoms with Gasteiger partial charge >= 0.3 is 0 Å². The molecule has 1 heterocycles. The Hall–Kier alpha value is -3.06. The van der Waals surface area contributed by atoms with Gasteiger partial charge < -0.3 is 9.47 Å². The maximum atomic E-state index is 13.4. The van der Waals surface area contributed by atoms with Crippen molar-refractivity contribution in [2.75, 3.05) is 18.0 Å². The second-order valence-electron chi connectivity index (χ2n) is 5.98. The van der Waals surface area contributed by atoms with Crippen LogP contribution in [-0.4, -0.2) is 27.1 Å². The lowest BCUT2D eigenvalue weighted by atomic mass is 10.2. The SMILES string of the molecule is CCOc1ccc(S(=O)(=O)N(Cc2cccnc2)c2cccc(OC)c2)cc1. The van der Waals surface area contributed by atoms with Crippen LogP contribution in [0.3, 0.4) is 0 Å². The Kier molecular flexibility index (Phi) is 6.16. The van der Waals surface area contributed by atoms with Crippen LogP contribution < -0.4 is 13.8 Å². The molecule has 0 aliphatic carbocycles. The van der Waals surface area contributed by atoms with E-state index in [0.717, 1.165) is 5.56 Å². The molecule has 0 spiro atoms. The van der Waals surface area contributed by atoms with E-state index in [-0.39, 0.29) is 11.4 Å². The molecule has 0 aliphatic heterocycles. The number of nitrogens with zero attached hydrogens (tertiary/aromatic N) is 2. The number of pyridine rings is 1. The number of ether oxygens (including phenoxy) is 2. The molecule has 0 atom stereocenters. The van der Waals surface area contributed by atoms with Gasteiger partial charge in [-0.15, -0.1) is 0 Å². The fourth-order valence-corrected chi connectivity index (χ4v) is 4.18. The van der Waals surface area contributed by atoms with Crippen molar-refractivity contribution in [1.29, 1.82) is 0 Å². The molecule has 6 nitrogen and oxygen atoms in total. The van der Waals surface area contributed by atoms with E-state index >= 15 is 0 Å². The summed E-state index contributed by atoms with van der Waals surface area (Å²) in [7, 11) is -2.27. The number of methoxy groups -OCH3 is 1. The lowest BCUT2D eigenvalue weighted by Crippen LogP contribution is -2.30. The van der Waals surface area contributed by atoms with Crippen molar-refractivity contribution in [2.45, 2.75) is 18.4 Å². The molecule has 7 heteroatoms. The summed E-state index contributed by atoms with van der Waals surface area (Å²) in [4.78, 5) is 4.27. The third kappa shape index (κ3) is 4.43. The van der Waals surface area contributed by atoms with Crippen LogP contribution in [0.2, 0.25) is 0 Å². The van der Waals surface area contributed by atoms with Gasteiger partial charge in [-0.3, -0.25) is 9.29 Å². The lowest BCUT2D eigenvalue weighted by molar-refractivity contribution is 0.340. The van der Waals surface area contributed by atoms with Crippen molar-refractivity contribution >= 4 is 15.7 Å². The predicted octanol–water partition coefficient (Wildman–Crippen LogP) is 3.88. The fourth-order valence-electron chi connectivity index (χ4n) is 2.74. The summed E-state index contributed by atoms with van der Waals surface area (Å²) in [5, 5.41) is 0. The van der Waals surface area contributed by atoms with Crippen LogP contribution >= 0.6 is 0 Å². The summed E-state index contributed by atoms with van der Waals surface area (Å²) in [6.07, 6.45) is 3.31. The van der Waals surface area contributed by atoms with E-state index < -0.39 is 10.0 Å². The molecule has 3 rings (SSSR count). The second kappa shape index (κ2) is 8.75. The highest BCUT2D eigenvalue weighted by atomic mass is 32.2. The van der Waals surface area contributed by atoms with E-state index in [0.29, 0.717) is 23.8 Å². The van der Waals surface area contributed by atoms with E-state index in [4.69, 9.17) is 9.47 Å². The van der Waals surface area contributed by atoms with Crippen LogP contribution in [0.25, 0.3) is 0 Å². The molecule has 0 radical (unpaired) electrons. The number of anilines is 1. The first-order valence-corrected chi connectivity index (χ1v) is 10.3. The number of hydrogen-bond acceptors (Lipinski definition) is 5. The van der Waals surface area contributed by atoms with Crippen LogP contribution in [0.4, 0.5) is 5.69 Å². The van der Waals surface area contributed by atoms with Gasteiger partial charge in [0.05, 0.1) is 30.8 Å². The number of rotatable bonds is 8. The van der Waals surface area contributed by atoms with E-state index in [1.807, 2.05) is 13.0 Å². The Morgan fingerprint density at radius 3 is 2.43 bits per heavy atom. The zero-order valence-electron chi connectivity index (χ0n) is 15.8. The van der Waals surface area contributed by atoms with Crippen LogP contribution in [-0.2, 0) is 16.6 Å². The molecule has 0 amide bonds. The van der Waals surface area contributed by atoms with Gasteiger partial charge in [0.25, 0.3) is 10.0 Å². The molecule has 0 saturated heterocycles. The minimum atomic E-state index is -3.81. The molecule has 3 aromatic rings. The van der Waals surface area contributed by atoms with Gasteiger partial charge in [0.1, 0.15) is 11.5 Å². The molecule has 0 fully saturated rings. The number of hydrogen-bond donors (Lipinski definition) is 0. The average molecular weight is 398 g/mol. The van der Waals surface area contributed by atoms with Crippen molar-refractivity contribution in [1.82, 2.24) is 4.98 Å². The quantitative estimate of drug-likeness (QED) is 0.576.